The first-order valence-corrected chi connectivity index (χ1v) is 7.71. The van der Waals surface area contributed by atoms with Crippen LogP contribution in [0.15, 0.2) is 18.2 Å². The highest BCUT2D eigenvalue weighted by Gasteiger charge is 2.34. The molecule has 0 saturated heterocycles. The summed E-state index contributed by atoms with van der Waals surface area (Å²) in [5.41, 5.74) is 1.95. The molecule has 0 aromatic heterocycles. The summed E-state index contributed by atoms with van der Waals surface area (Å²) in [4.78, 5) is 12.7. The van der Waals surface area contributed by atoms with E-state index in [4.69, 9.17) is 4.74 Å². The maximum atomic E-state index is 12.7. The van der Waals surface area contributed by atoms with Gasteiger partial charge in [0.1, 0.15) is 5.75 Å². The predicted octanol–water partition coefficient (Wildman–Crippen LogP) is 3.12. The Hall–Kier alpha value is -1.35. The summed E-state index contributed by atoms with van der Waals surface area (Å²) in [5.74, 6) is 1.06. The van der Waals surface area contributed by atoms with Crippen LogP contribution in [0.3, 0.4) is 0 Å². The van der Waals surface area contributed by atoms with Gasteiger partial charge in [0.15, 0.2) is 5.78 Å². The minimum atomic E-state index is -0.00331. The van der Waals surface area contributed by atoms with Gasteiger partial charge in [-0.1, -0.05) is 31.4 Å². The monoisotopic (exact) mass is 273 g/mol. The Morgan fingerprint density at radius 1 is 1.30 bits per heavy atom. The Morgan fingerprint density at radius 2 is 2.10 bits per heavy atom. The molecule has 1 fully saturated rings. The van der Waals surface area contributed by atoms with E-state index < -0.39 is 0 Å². The normalized spacial score (nSPS) is 20.2. The molecule has 0 spiro atoms. The molecule has 108 valence electrons. The van der Waals surface area contributed by atoms with E-state index >= 15 is 0 Å². The number of Topliss-reactive ketones (excluding diaryl/α,β-unsaturated/α-hetero) is 1. The molecule has 1 heterocycles. The van der Waals surface area contributed by atoms with E-state index in [0.29, 0.717) is 13.0 Å². The lowest BCUT2D eigenvalue weighted by Crippen LogP contribution is -2.46. The molecular weight excluding hydrogens is 250 g/mol. The van der Waals surface area contributed by atoms with Crippen LogP contribution in [-0.4, -0.2) is 25.0 Å². The SMILES string of the molecule is CNC1(CC(=O)c2cccc3c2OCC3)CCCCC1. The van der Waals surface area contributed by atoms with E-state index in [9.17, 15) is 4.79 Å². The standard InChI is InChI=1S/C17H23NO2/c1-18-17(9-3-2-4-10-17)12-15(19)14-7-5-6-13-8-11-20-16(13)14/h5-7,18H,2-4,8-12H2,1H3. The van der Waals surface area contributed by atoms with E-state index in [1.807, 2.05) is 19.2 Å². The Labute approximate surface area is 120 Å². The molecular formula is C17H23NO2. The zero-order valence-corrected chi connectivity index (χ0v) is 12.2. The fraction of sp³-hybridized carbons (Fsp3) is 0.588. The summed E-state index contributed by atoms with van der Waals surface area (Å²) in [6.45, 7) is 0.705. The molecule has 0 radical (unpaired) electrons. The lowest BCUT2D eigenvalue weighted by molar-refractivity contribution is 0.0912. The molecule has 1 aliphatic heterocycles. The second kappa shape index (κ2) is 5.57. The molecule has 1 aromatic carbocycles. The van der Waals surface area contributed by atoms with Crippen molar-refractivity contribution < 1.29 is 9.53 Å². The van der Waals surface area contributed by atoms with Crippen LogP contribution in [0.25, 0.3) is 0 Å². The summed E-state index contributed by atoms with van der Waals surface area (Å²) >= 11 is 0. The van der Waals surface area contributed by atoms with Gasteiger partial charge in [-0.05, 0) is 31.5 Å². The van der Waals surface area contributed by atoms with Crippen molar-refractivity contribution in [3.8, 4) is 5.75 Å². The fourth-order valence-corrected chi connectivity index (χ4v) is 3.58. The molecule has 0 bridgehead atoms. The van der Waals surface area contributed by atoms with Gasteiger partial charge in [0.2, 0.25) is 0 Å². The van der Waals surface area contributed by atoms with Crippen LogP contribution in [0.4, 0.5) is 0 Å². The van der Waals surface area contributed by atoms with Gasteiger partial charge in [0.05, 0.1) is 12.2 Å². The largest absolute Gasteiger partial charge is 0.492 e. The average Bonchev–Trinajstić information content (AvgIpc) is 2.96. The number of nitrogens with one attached hydrogen (secondary N) is 1. The molecule has 1 aliphatic carbocycles. The smallest absolute Gasteiger partial charge is 0.168 e. The van der Waals surface area contributed by atoms with Crippen molar-refractivity contribution in [2.75, 3.05) is 13.7 Å². The molecule has 3 heteroatoms. The Bertz CT molecular complexity index is 504. The lowest BCUT2D eigenvalue weighted by atomic mass is 9.77. The minimum absolute atomic E-state index is 0.00331. The maximum absolute atomic E-state index is 12.7. The number of rotatable bonds is 4. The third-order valence-electron chi connectivity index (χ3n) is 4.85. The number of ketones is 1. The van der Waals surface area contributed by atoms with Gasteiger partial charge in [0.25, 0.3) is 0 Å². The van der Waals surface area contributed by atoms with Crippen molar-refractivity contribution >= 4 is 5.78 Å². The van der Waals surface area contributed by atoms with Crippen LogP contribution in [0.5, 0.6) is 5.75 Å². The lowest BCUT2D eigenvalue weighted by Gasteiger charge is -2.36. The molecule has 2 aliphatic rings. The second-order valence-corrected chi connectivity index (χ2v) is 6.08. The van der Waals surface area contributed by atoms with Gasteiger partial charge in [-0.3, -0.25) is 4.79 Å². The van der Waals surface area contributed by atoms with Crippen molar-refractivity contribution in [3.05, 3.63) is 29.3 Å². The third-order valence-corrected chi connectivity index (χ3v) is 4.85. The van der Waals surface area contributed by atoms with E-state index in [0.717, 1.165) is 30.6 Å². The molecule has 1 aromatic rings. The first kappa shape index (κ1) is 13.6. The van der Waals surface area contributed by atoms with E-state index in [2.05, 4.69) is 11.4 Å². The summed E-state index contributed by atoms with van der Waals surface area (Å²) < 4.78 is 5.67. The Morgan fingerprint density at radius 3 is 2.85 bits per heavy atom. The Balaban J connectivity index is 1.81. The molecule has 0 amide bonds. The highest BCUT2D eigenvalue weighted by Crippen LogP contribution is 2.35. The summed E-state index contributed by atoms with van der Waals surface area (Å²) in [7, 11) is 1.99. The van der Waals surface area contributed by atoms with Crippen molar-refractivity contribution in [1.29, 1.82) is 0 Å². The second-order valence-electron chi connectivity index (χ2n) is 6.08. The van der Waals surface area contributed by atoms with Gasteiger partial charge >= 0.3 is 0 Å². The van der Waals surface area contributed by atoms with E-state index in [1.165, 1.54) is 24.8 Å². The zero-order valence-electron chi connectivity index (χ0n) is 12.2. The zero-order chi connectivity index (χ0) is 14.0. The number of carbonyl (C=O) groups is 1. The van der Waals surface area contributed by atoms with Gasteiger partial charge in [-0.2, -0.15) is 0 Å². The topological polar surface area (TPSA) is 38.3 Å². The highest BCUT2D eigenvalue weighted by molar-refractivity contribution is 5.99. The first-order valence-electron chi connectivity index (χ1n) is 7.71. The number of ether oxygens (including phenoxy) is 1. The van der Waals surface area contributed by atoms with Crippen molar-refractivity contribution in [3.63, 3.8) is 0 Å². The number of hydrogen-bond donors (Lipinski definition) is 1. The van der Waals surface area contributed by atoms with Crippen LogP contribution >= 0.6 is 0 Å². The van der Waals surface area contributed by atoms with Crippen LogP contribution in [0.2, 0.25) is 0 Å². The maximum Gasteiger partial charge on any atom is 0.168 e. The molecule has 1 N–H and O–H groups in total. The minimum Gasteiger partial charge on any atom is -0.492 e. The molecule has 20 heavy (non-hydrogen) atoms. The third kappa shape index (κ3) is 2.47. The predicted molar refractivity (Wildman–Crippen MR) is 79.5 cm³/mol. The van der Waals surface area contributed by atoms with Crippen LogP contribution in [0, 0.1) is 0 Å². The highest BCUT2D eigenvalue weighted by atomic mass is 16.5. The fourth-order valence-electron chi connectivity index (χ4n) is 3.58. The van der Waals surface area contributed by atoms with Crippen LogP contribution < -0.4 is 10.1 Å². The van der Waals surface area contributed by atoms with E-state index in [-0.39, 0.29) is 11.3 Å². The number of para-hydroxylation sites is 1. The summed E-state index contributed by atoms with van der Waals surface area (Å²) in [6, 6.07) is 5.96. The van der Waals surface area contributed by atoms with E-state index in [1.54, 1.807) is 0 Å². The van der Waals surface area contributed by atoms with Gasteiger partial charge < -0.3 is 10.1 Å². The van der Waals surface area contributed by atoms with Gasteiger partial charge in [0, 0.05) is 18.4 Å². The molecule has 3 nitrogen and oxygen atoms in total. The average molecular weight is 273 g/mol. The Kier molecular flexibility index (Phi) is 3.79. The van der Waals surface area contributed by atoms with Gasteiger partial charge in [-0.25, -0.2) is 0 Å². The molecule has 0 atom stereocenters. The van der Waals surface area contributed by atoms with Gasteiger partial charge in [-0.15, -0.1) is 0 Å². The summed E-state index contributed by atoms with van der Waals surface area (Å²) in [5, 5.41) is 3.42. The number of carbonyl (C=O) groups excluding carboxylic acids is 1. The molecule has 1 saturated carbocycles. The first-order chi connectivity index (χ1) is 9.74. The molecule has 3 rings (SSSR count). The van der Waals surface area contributed by atoms with Crippen molar-refractivity contribution in [2.24, 2.45) is 0 Å². The number of benzene rings is 1. The number of fused-ring (bicyclic) bond motifs is 1. The number of hydrogen-bond acceptors (Lipinski definition) is 3. The van der Waals surface area contributed by atoms with Crippen LogP contribution in [-0.2, 0) is 6.42 Å². The molecule has 0 unspecified atom stereocenters. The summed E-state index contributed by atoms with van der Waals surface area (Å²) in [6.07, 6.45) is 7.45. The quantitative estimate of drug-likeness (QED) is 0.857. The van der Waals surface area contributed by atoms with Crippen molar-refractivity contribution in [2.45, 2.75) is 50.5 Å². The van der Waals surface area contributed by atoms with Crippen molar-refractivity contribution in [1.82, 2.24) is 5.32 Å². The van der Waals surface area contributed by atoms with Crippen LogP contribution in [0.1, 0.15) is 54.4 Å².